The van der Waals surface area contributed by atoms with Gasteiger partial charge in [0.25, 0.3) is 5.91 Å². The zero-order chi connectivity index (χ0) is 26.1. The summed E-state index contributed by atoms with van der Waals surface area (Å²) in [7, 11) is -1.35. The van der Waals surface area contributed by atoms with Gasteiger partial charge in [-0.15, -0.1) is 0 Å². The molecule has 198 valence electrons. The van der Waals surface area contributed by atoms with Gasteiger partial charge in [0.2, 0.25) is 0 Å². The Balaban J connectivity index is 1.51. The predicted molar refractivity (Wildman–Crippen MR) is 145 cm³/mol. The van der Waals surface area contributed by atoms with Crippen LogP contribution in [0, 0.1) is 0 Å². The number of rotatable bonds is 6. The van der Waals surface area contributed by atoms with Crippen LogP contribution in [0.15, 0.2) is 30.3 Å². The van der Waals surface area contributed by atoms with Crippen molar-refractivity contribution in [3.8, 4) is 0 Å². The molecule has 2 N–H and O–H groups in total. The number of likely N-dealkylation sites (tertiary alicyclic amines) is 1. The van der Waals surface area contributed by atoms with Crippen molar-refractivity contribution < 1.29 is 13.4 Å². The number of halogens is 3. The summed E-state index contributed by atoms with van der Waals surface area (Å²) in [5.74, 6) is 0.526. The summed E-state index contributed by atoms with van der Waals surface area (Å²) in [4.78, 5) is 22.1. The fourth-order valence-electron chi connectivity index (χ4n) is 5.05. The maximum atomic E-state index is 13.8. The molecule has 3 atom stereocenters. The molecule has 9 nitrogen and oxygen atoms in total. The van der Waals surface area contributed by atoms with Gasteiger partial charge in [-0.25, -0.2) is 13.6 Å². The molecule has 0 radical (unpaired) electrons. The van der Waals surface area contributed by atoms with E-state index < -0.39 is 17.7 Å². The van der Waals surface area contributed by atoms with Crippen LogP contribution in [0.4, 0.5) is 15.9 Å². The average molecular weight is 569 g/mol. The van der Waals surface area contributed by atoms with E-state index in [1.807, 2.05) is 6.07 Å². The van der Waals surface area contributed by atoms with E-state index in [1.165, 1.54) is 6.26 Å². The van der Waals surface area contributed by atoms with Crippen LogP contribution in [0.25, 0.3) is 5.65 Å². The second kappa shape index (κ2) is 11.1. The van der Waals surface area contributed by atoms with Crippen molar-refractivity contribution in [1.29, 1.82) is 0 Å². The van der Waals surface area contributed by atoms with Crippen molar-refractivity contribution >= 4 is 57.2 Å². The number of carbonyl (C=O) groups excluding carboxylic acids is 1. The molecule has 2 aromatic heterocycles. The second-order valence-electron chi connectivity index (χ2n) is 9.28. The molecule has 2 aliphatic heterocycles. The van der Waals surface area contributed by atoms with Crippen molar-refractivity contribution in [2.24, 2.45) is 0 Å². The number of nitrogens with one attached hydrogen (secondary N) is 2. The lowest BCUT2D eigenvalue weighted by Crippen LogP contribution is -2.52. The topological polar surface area (TPSA) is 94.9 Å². The summed E-state index contributed by atoms with van der Waals surface area (Å²) in [6, 6.07) is 7.97. The van der Waals surface area contributed by atoms with Crippen LogP contribution in [0.3, 0.4) is 0 Å². The maximum absolute atomic E-state index is 13.8. The number of piperidine rings is 1. The fraction of sp³-hybridized carbons (Fsp3) is 0.458. The number of alkyl halides is 1. The molecular weight excluding hydrogens is 540 g/mol. The van der Waals surface area contributed by atoms with Gasteiger partial charge in [-0.1, -0.05) is 23.2 Å². The van der Waals surface area contributed by atoms with Gasteiger partial charge < -0.3 is 19.8 Å². The molecule has 2 fully saturated rings. The van der Waals surface area contributed by atoms with E-state index in [1.54, 1.807) is 33.7 Å². The molecule has 1 aromatic carbocycles. The zero-order valence-electron chi connectivity index (χ0n) is 20.3. The van der Waals surface area contributed by atoms with Gasteiger partial charge in [-0.05, 0) is 37.5 Å². The van der Waals surface area contributed by atoms with Crippen molar-refractivity contribution in [3.05, 3.63) is 51.8 Å². The predicted octanol–water partition coefficient (Wildman–Crippen LogP) is 3.86. The number of benzene rings is 1. The van der Waals surface area contributed by atoms with Crippen molar-refractivity contribution in [1.82, 2.24) is 24.8 Å². The van der Waals surface area contributed by atoms with E-state index >= 15 is 0 Å². The molecule has 0 bridgehead atoms. The summed E-state index contributed by atoms with van der Waals surface area (Å²) in [5.41, 5.74) is 2.10. The molecule has 0 aliphatic carbocycles. The van der Waals surface area contributed by atoms with Gasteiger partial charge >= 0.3 is 0 Å². The standard InChI is InChI=1S/C24H28Cl2FN7O2S/c1-37(36)31-18-6-5-15(25)10-17(18)24(35)33-8-3-2-4-20(33)19-11-22-29-21(26)12-23(34(22)30-19)32-9-7-28-16(13-27)14-32/h5-6,10-12,16,20,28,31H,2-4,7-9,13-14H2,1H3. The maximum Gasteiger partial charge on any atom is 0.256 e. The Labute approximate surface area is 226 Å². The van der Waals surface area contributed by atoms with Crippen LogP contribution in [0.2, 0.25) is 10.2 Å². The van der Waals surface area contributed by atoms with Gasteiger partial charge in [0.1, 0.15) is 28.6 Å². The fourth-order valence-corrected chi connectivity index (χ4v) is 5.89. The summed E-state index contributed by atoms with van der Waals surface area (Å²) >= 11 is 12.6. The third-order valence-electron chi connectivity index (χ3n) is 6.73. The van der Waals surface area contributed by atoms with Crippen LogP contribution < -0.4 is 14.9 Å². The number of anilines is 2. The van der Waals surface area contributed by atoms with Gasteiger partial charge in [-0.3, -0.25) is 4.79 Å². The number of nitrogens with zero attached hydrogens (tertiary/aromatic N) is 5. The number of fused-ring (bicyclic) bond motifs is 1. The Bertz CT molecular complexity index is 1340. The second-order valence-corrected chi connectivity index (χ2v) is 11.2. The van der Waals surface area contributed by atoms with Gasteiger partial charge in [0.15, 0.2) is 5.65 Å². The molecule has 1 amide bonds. The average Bonchev–Trinajstić information content (AvgIpc) is 3.32. The van der Waals surface area contributed by atoms with Gasteiger partial charge in [-0.2, -0.15) is 9.61 Å². The Hall–Kier alpha value is -2.47. The summed E-state index contributed by atoms with van der Waals surface area (Å²) in [6.07, 6.45) is 4.05. The van der Waals surface area contributed by atoms with Crippen LogP contribution in [0.5, 0.6) is 0 Å². The highest BCUT2D eigenvalue weighted by Gasteiger charge is 2.33. The lowest BCUT2D eigenvalue weighted by molar-refractivity contribution is 0.0607. The SMILES string of the molecule is CS(=O)Nc1ccc(Cl)cc1C(=O)N1CCCCC1c1cc2nc(Cl)cc(N3CCNC(CF)C3)n2n1. The third kappa shape index (κ3) is 5.55. The highest BCUT2D eigenvalue weighted by Crippen LogP contribution is 2.35. The zero-order valence-corrected chi connectivity index (χ0v) is 22.6. The molecule has 2 saturated heterocycles. The first-order chi connectivity index (χ1) is 17.8. The van der Waals surface area contributed by atoms with Crippen molar-refractivity contribution in [2.75, 3.05) is 48.7 Å². The number of piperazine rings is 1. The van der Waals surface area contributed by atoms with Gasteiger partial charge in [0.05, 0.1) is 29.0 Å². The van der Waals surface area contributed by atoms with Crippen molar-refractivity contribution in [3.63, 3.8) is 0 Å². The largest absolute Gasteiger partial charge is 0.353 e. The number of hydrogen-bond donors (Lipinski definition) is 2. The number of amides is 1. The Morgan fingerprint density at radius 2 is 2.08 bits per heavy atom. The van der Waals surface area contributed by atoms with Crippen LogP contribution >= 0.6 is 23.2 Å². The van der Waals surface area contributed by atoms with E-state index in [4.69, 9.17) is 28.3 Å². The molecule has 0 saturated carbocycles. The molecule has 37 heavy (non-hydrogen) atoms. The molecule has 2 aliphatic rings. The first-order valence-corrected chi connectivity index (χ1v) is 14.5. The normalized spacial score (nSPS) is 21.3. The summed E-state index contributed by atoms with van der Waals surface area (Å²) in [6.45, 7) is 1.90. The minimum absolute atomic E-state index is 0.212. The highest BCUT2D eigenvalue weighted by molar-refractivity contribution is 7.85. The lowest BCUT2D eigenvalue weighted by Gasteiger charge is -2.35. The summed E-state index contributed by atoms with van der Waals surface area (Å²) < 4.78 is 29.8. The van der Waals surface area contributed by atoms with Crippen LogP contribution in [-0.4, -0.2) is 74.8 Å². The first kappa shape index (κ1) is 26.1. The third-order valence-corrected chi connectivity index (χ3v) is 7.67. The minimum Gasteiger partial charge on any atom is -0.353 e. The monoisotopic (exact) mass is 567 g/mol. The van der Waals surface area contributed by atoms with E-state index in [2.05, 4.69) is 19.9 Å². The Kier molecular flexibility index (Phi) is 7.85. The van der Waals surface area contributed by atoms with E-state index in [0.717, 1.165) is 25.1 Å². The van der Waals surface area contributed by atoms with E-state index in [9.17, 15) is 13.4 Å². The van der Waals surface area contributed by atoms with Crippen molar-refractivity contribution in [2.45, 2.75) is 31.3 Å². The van der Waals surface area contributed by atoms with E-state index in [-0.39, 0.29) is 18.0 Å². The molecular formula is C24H28Cl2FN7O2S. The van der Waals surface area contributed by atoms with Crippen LogP contribution in [0.1, 0.15) is 41.4 Å². The molecule has 3 aromatic rings. The number of hydrogen-bond acceptors (Lipinski definition) is 6. The number of carbonyl (C=O) groups is 1. The summed E-state index contributed by atoms with van der Waals surface area (Å²) in [5, 5.41) is 8.78. The lowest BCUT2D eigenvalue weighted by atomic mass is 9.98. The molecule has 3 unspecified atom stereocenters. The quantitative estimate of drug-likeness (QED) is 0.439. The first-order valence-electron chi connectivity index (χ1n) is 12.1. The minimum atomic E-state index is -1.35. The Morgan fingerprint density at radius 3 is 2.86 bits per heavy atom. The molecule has 5 rings (SSSR count). The molecule has 4 heterocycles. The van der Waals surface area contributed by atoms with E-state index in [0.29, 0.717) is 58.9 Å². The van der Waals surface area contributed by atoms with Gasteiger partial charge in [0, 0.05) is 49.6 Å². The highest BCUT2D eigenvalue weighted by atomic mass is 35.5. The molecule has 0 spiro atoms. The molecule has 13 heteroatoms. The number of aromatic nitrogens is 3. The Morgan fingerprint density at radius 1 is 1.24 bits per heavy atom. The smallest absolute Gasteiger partial charge is 0.256 e. The van der Waals surface area contributed by atoms with Crippen LogP contribution in [-0.2, 0) is 11.0 Å².